The van der Waals surface area contributed by atoms with Crippen LogP contribution in [0.1, 0.15) is 62.0 Å². The van der Waals surface area contributed by atoms with Gasteiger partial charge in [0.15, 0.2) is 0 Å². The zero-order valence-electron chi connectivity index (χ0n) is 12.5. The van der Waals surface area contributed by atoms with Gasteiger partial charge in [-0.05, 0) is 37.3 Å². The first kappa shape index (κ1) is 14.8. The molecule has 0 bridgehead atoms. The highest BCUT2D eigenvalue weighted by molar-refractivity contribution is 5.95. The van der Waals surface area contributed by atoms with Gasteiger partial charge in [0.1, 0.15) is 5.82 Å². The Hall–Kier alpha value is -1.62. The van der Waals surface area contributed by atoms with E-state index in [0.717, 1.165) is 31.5 Å². The van der Waals surface area contributed by atoms with Gasteiger partial charge in [-0.15, -0.1) is 0 Å². The number of nitrogens with one attached hydrogen (secondary N) is 1. The molecule has 1 saturated heterocycles. The molecule has 1 atom stereocenters. The Kier molecular flexibility index (Phi) is 4.60. The number of hydrogen-bond acceptors (Lipinski definition) is 4. The number of carbonyl (C=O) groups excluding carboxylic acids is 1. The van der Waals surface area contributed by atoms with E-state index >= 15 is 0 Å². The second kappa shape index (κ2) is 6.22. The van der Waals surface area contributed by atoms with E-state index in [1.807, 2.05) is 11.0 Å². The van der Waals surface area contributed by atoms with E-state index in [4.69, 9.17) is 5.84 Å². The number of nitrogens with two attached hydrogens (primary N) is 1. The lowest BCUT2D eigenvalue weighted by Gasteiger charge is -2.24. The van der Waals surface area contributed by atoms with Crippen molar-refractivity contribution >= 4 is 11.7 Å². The quantitative estimate of drug-likeness (QED) is 0.655. The first-order valence-corrected chi connectivity index (χ1v) is 7.36. The third kappa shape index (κ3) is 2.93. The van der Waals surface area contributed by atoms with E-state index in [2.05, 4.69) is 31.2 Å². The predicted octanol–water partition coefficient (Wildman–Crippen LogP) is 2.51. The van der Waals surface area contributed by atoms with Crippen LogP contribution in [0.15, 0.2) is 12.1 Å². The molecule has 20 heavy (non-hydrogen) atoms. The van der Waals surface area contributed by atoms with Crippen LogP contribution in [-0.2, 0) is 0 Å². The van der Waals surface area contributed by atoms with E-state index in [9.17, 15) is 4.79 Å². The predicted molar refractivity (Wildman–Crippen MR) is 80.5 cm³/mol. The van der Waals surface area contributed by atoms with Crippen LogP contribution < -0.4 is 11.3 Å². The van der Waals surface area contributed by atoms with Crippen molar-refractivity contribution in [1.29, 1.82) is 0 Å². The molecule has 5 heteroatoms. The number of carbonyl (C=O) groups is 1. The SMILES string of the molecule is CCC1CCCN1C(=O)c1cc(NN)nc(C(C)C)c1. The molecule has 5 nitrogen and oxygen atoms in total. The van der Waals surface area contributed by atoms with Crippen molar-refractivity contribution in [2.75, 3.05) is 12.0 Å². The van der Waals surface area contributed by atoms with Gasteiger partial charge in [0.25, 0.3) is 5.91 Å². The molecule has 0 spiro atoms. The lowest BCUT2D eigenvalue weighted by molar-refractivity contribution is 0.0733. The van der Waals surface area contributed by atoms with Crippen LogP contribution >= 0.6 is 0 Å². The zero-order chi connectivity index (χ0) is 14.7. The Morgan fingerprint density at radius 2 is 2.30 bits per heavy atom. The Labute approximate surface area is 120 Å². The van der Waals surface area contributed by atoms with E-state index in [-0.39, 0.29) is 11.8 Å². The van der Waals surface area contributed by atoms with Crippen LogP contribution in [0, 0.1) is 0 Å². The zero-order valence-corrected chi connectivity index (χ0v) is 12.5. The minimum atomic E-state index is 0.0927. The van der Waals surface area contributed by atoms with Crippen LogP contribution in [0.3, 0.4) is 0 Å². The average molecular weight is 276 g/mol. The minimum absolute atomic E-state index is 0.0927. The maximum Gasteiger partial charge on any atom is 0.254 e. The number of pyridine rings is 1. The van der Waals surface area contributed by atoms with Crippen molar-refractivity contribution in [3.8, 4) is 0 Å². The molecule has 0 aliphatic carbocycles. The van der Waals surface area contributed by atoms with Crippen LogP contribution in [0.2, 0.25) is 0 Å². The van der Waals surface area contributed by atoms with Gasteiger partial charge in [0, 0.05) is 23.8 Å². The summed E-state index contributed by atoms with van der Waals surface area (Å²) < 4.78 is 0. The highest BCUT2D eigenvalue weighted by Gasteiger charge is 2.28. The molecule has 110 valence electrons. The standard InChI is InChI=1S/C15H24N4O/c1-4-12-6-5-7-19(12)15(20)11-8-13(10(2)3)17-14(9-11)18-16/h8-10,12H,4-7,16H2,1-3H3,(H,17,18). The number of hydrogen-bond donors (Lipinski definition) is 2. The lowest BCUT2D eigenvalue weighted by atomic mass is 10.1. The Bertz CT molecular complexity index is 487. The third-order valence-corrected chi connectivity index (χ3v) is 3.94. The molecule has 1 amide bonds. The monoisotopic (exact) mass is 276 g/mol. The Morgan fingerprint density at radius 1 is 1.55 bits per heavy atom. The minimum Gasteiger partial charge on any atom is -0.336 e. The van der Waals surface area contributed by atoms with E-state index in [0.29, 0.717) is 17.4 Å². The van der Waals surface area contributed by atoms with E-state index in [1.54, 1.807) is 6.07 Å². The van der Waals surface area contributed by atoms with E-state index < -0.39 is 0 Å². The maximum absolute atomic E-state index is 12.7. The normalized spacial score (nSPS) is 18.6. The van der Waals surface area contributed by atoms with Gasteiger partial charge in [-0.25, -0.2) is 10.8 Å². The van der Waals surface area contributed by atoms with Gasteiger partial charge in [-0.1, -0.05) is 20.8 Å². The summed E-state index contributed by atoms with van der Waals surface area (Å²) in [6.07, 6.45) is 3.20. The van der Waals surface area contributed by atoms with E-state index in [1.165, 1.54) is 0 Å². The Morgan fingerprint density at radius 3 is 2.90 bits per heavy atom. The number of likely N-dealkylation sites (tertiary alicyclic amines) is 1. The molecular weight excluding hydrogens is 252 g/mol. The first-order chi connectivity index (χ1) is 9.56. The van der Waals surface area contributed by atoms with Crippen molar-refractivity contribution in [2.24, 2.45) is 5.84 Å². The molecule has 2 heterocycles. The van der Waals surface area contributed by atoms with Gasteiger partial charge in [0.05, 0.1) is 0 Å². The topological polar surface area (TPSA) is 71.2 Å². The summed E-state index contributed by atoms with van der Waals surface area (Å²) in [5.74, 6) is 6.36. The van der Waals surface area contributed by atoms with Gasteiger partial charge < -0.3 is 10.3 Å². The van der Waals surface area contributed by atoms with Gasteiger partial charge in [-0.2, -0.15) is 0 Å². The van der Waals surface area contributed by atoms with Crippen molar-refractivity contribution in [3.63, 3.8) is 0 Å². The molecule has 0 aromatic carbocycles. The van der Waals surface area contributed by atoms with Gasteiger partial charge in [0.2, 0.25) is 0 Å². The molecule has 1 unspecified atom stereocenters. The van der Waals surface area contributed by atoms with Crippen molar-refractivity contribution in [2.45, 2.75) is 52.0 Å². The van der Waals surface area contributed by atoms with Crippen molar-refractivity contribution < 1.29 is 4.79 Å². The van der Waals surface area contributed by atoms with Crippen LogP contribution in [0.4, 0.5) is 5.82 Å². The first-order valence-electron chi connectivity index (χ1n) is 7.36. The number of aromatic nitrogens is 1. The molecule has 1 fully saturated rings. The fraction of sp³-hybridized carbons (Fsp3) is 0.600. The third-order valence-electron chi connectivity index (χ3n) is 3.94. The highest BCUT2D eigenvalue weighted by Crippen LogP contribution is 2.24. The number of nitrogen functional groups attached to an aromatic ring is 1. The van der Waals surface area contributed by atoms with Crippen LogP contribution in [0.25, 0.3) is 0 Å². The van der Waals surface area contributed by atoms with Gasteiger partial charge >= 0.3 is 0 Å². The summed E-state index contributed by atoms with van der Waals surface area (Å²) in [7, 11) is 0. The molecular formula is C15H24N4O. The fourth-order valence-corrected chi connectivity index (χ4v) is 2.74. The second-order valence-corrected chi connectivity index (χ2v) is 5.67. The molecule has 1 aromatic rings. The maximum atomic E-state index is 12.7. The smallest absolute Gasteiger partial charge is 0.254 e. The molecule has 0 saturated carbocycles. The summed E-state index contributed by atoms with van der Waals surface area (Å²) in [6.45, 7) is 7.10. The van der Waals surface area contributed by atoms with Crippen molar-refractivity contribution in [3.05, 3.63) is 23.4 Å². The van der Waals surface area contributed by atoms with Crippen LogP contribution in [0.5, 0.6) is 0 Å². The summed E-state index contributed by atoms with van der Waals surface area (Å²) in [6, 6.07) is 3.99. The van der Waals surface area contributed by atoms with Crippen LogP contribution in [-0.4, -0.2) is 28.4 Å². The largest absolute Gasteiger partial charge is 0.336 e. The average Bonchev–Trinajstić information content (AvgIpc) is 2.94. The summed E-state index contributed by atoms with van der Waals surface area (Å²) in [4.78, 5) is 19.1. The molecule has 0 radical (unpaired) electrons. The summed E-state index contributed by atoms with van der Waals surface area (Å²) >= 11 is 0. The van der Waals surface area contributed by atoms with Gasteiger partial charge in [-0.3, -0.25) is 4.79 Å². The number of anilines is 1. The second-order valence-electron chi connectivity index (χ2n) is 5.67. The molecule has 2 rings (SSSR count). The highest BCUT2D eigenvalue weighted by atomic mass is 16.2. The number of rotatable bonds is 4. The summed E-state index contributed by atoms with van der Waals surface area (Å²) in [5, 5.41) is 0. The summed E-state index contributed by atoms with van der Waals surface area (Å²) in [5.41, 5.74) is 4.11. The molecule has 1 aliphatic rings. The molecule has 3 N–H and O–H groups in total. The fourth-order valence-electron chi connectivity index (χ4n) is 2.74. The lowest BCUT2D eigenvalue weighted by Crippen LogP contribution is -2.35. The number of amides is 1. The molecule has 1 aliphatic heterocycles. The van der Waals surface area contributed by atoms with Crippen molar-refractivity contribution in [1.82, 2.24) is 9.88 Å². The number of hydrazine groups is 1. The Balaban J connectivity index is 2.31. The molecule has 1 aromatic heterocycles. The number of nitrogens with zero attached hydrogens (tertiary/aromatic N) is 2.